The molecule has 2 aromatic heterocycles. The molecule has 0 fully saturated rings. The average Bonchev–Trinajstić information content (AvgIpc) is 3.26. The van der Waals surface area contributed by atoms with Crippen LogP contribution in [0.3, 0.4) is 0 Å². The average molecular weight is 435 g/mol. The molecule has 0 spiro atoms. The van der Waals surface area contributed by atoms with Gasteiger partial charge in [-0.3, -0.25) is 4.79 Å². The van der Waals surface area contributed by atoms with E-state index >= 15 is 0 Å². The van der Waals surface area contributed by atoms with Crippen LogP contribution in [0, 0.1) is 19.8 Å². The van der Waals surface area contributed by atoms with E-state index in [2.05, 4.69) is 20.2 Å². The minimum Gasteiger partial charge on any atom is -0.339 e. The number of thiophene rings is 1. The van der Waals surface area contributed by atoms with E-state index in [4.69, 9.17) is 4.52 Å². The van der Waals surface area contributed by atoms with Gasteiger partial charge >= 0.3 is 0 Å². The van der Waals surface area contributed by atoms with Gasteiger partial charge in [0.15, 0.2) is 0 Å². The zero-order chi connectivity index (χ0) is 21.2. The number of benzene rings is 1. The zero-order valence-corrected chi connectivity index (χ0v) is 18.1. The molecule has 10 heteroatoms. The molecule has 29 heavy (non-hydrogen) atoms. The molecule has 0 aliphatic heterocycles. The number of anilines is 1. The van der Waals surface area contributed by atoms with Crippen LogP contribution in [0.5, 0.6) is 0 Å². The van der Waals surface area contributed by atoms with Crippen LogP contribution in [0.4, 0.5) is 5.69 Å². The number of sulfonamides is 1. The Bertz CT molecular complexity index is 1100. The highest BCUT2D eigenvalue weighted by Gasteiger charge is 2.29. The first-order chi connectivity index (χ1) is 13.7. The Morgan fingerprint density at radius 1 is 1.17 bits per heavy atom. The first kappa shape index (κ1) is 21.2. The van der Waals surface area contributed by atoms with E-state index in [0.717, 1.165) is 9.75 Å². The monoisotopic (exact) mass is 434 g/mol. The fourth-order valence-electron chi connectivity index (χ4n) is 2.65. The molecule has 0 bridgehead atoms. The van der Waals surface area contributed by atoms with Gasteiger partial charge in [-0.1, -0.05) is 37.2 Å². The molecule has 0 radical (unpaired) electrons. The van der Waals surface area contributed by atoms with E-state index in [1.807, 2.05) is 6.92 Å². The van der Waals surface area contributed by atoms with Gasteiger partial charge in [0.1, 0.15) is 6.04 Å². The maximum Gasteiger partial charge on any atom is 0.242 e. The lowest BCUT2D eigenvalue weighted by Crippen LogP contribution is -2.47. The molecule has 1 aromatic carbocycles. The predicted octanol–water partition coefficient (Wildman–Crippen LogP) is 3.36. The van der Waals surface area contributed by atoms with Crippen LogP contribution < -0.4 is 10.0 Å². The summed E-state index contributed by atoms with van der Waals surface area (Å²) >= 11 is 1.41. The van der Waals surface area contributed by atoms with Crippen molar-refractivity contribution in [3.8, 4) is 10.7 Å². The van der Waals surface area contributed by atoms with Gasteiger partial charge in [0.05, 0.1) is 15.5 Å². The Morgan fingerprint density at radius 2 is 1.86 bits per heavy atom. The lowest BCUT2D eigenvalue weighted by Gasteiger charge is -2.21. The first-order valence-corrected chi connectivity index (χ1v) is 11.3. The van der Waals surface area contributed by atoms with E-state index in [9.17, 15) is 13.2 Å². The molecule has 2 heterocycles. The molecular weight excluding hydrogens is 412 g/mol. The highest BCUT2D eigenvalue weighted by atomic mass is 32.2. The molecule has 1 amide bonds. The quantitative estimate of drug-likeness (QED) is 0.589. The van der Waals surface area contributed by atoms with Crippen LogP contribution in [0.25, 0.3) is 10.7 Å². The van der Waals surface area contributed by atoms with Crippen LogP contribution in [0.15, 0.2) is 45.8 Å². The van der Waals surface area contributed by atoms with Gasteiger partial charge in [-0.15, -0.1) is 11.3 Å². The number of carbonyl (C=O) groups is 1. The van der Waals surface area contributed by atoms with E-state index in [1.165, 1.54) is 23.5 Å². The maximum absolute atomic E-state index is 12.9. The number of aromatic nitrogens is 2. The molecule has 2 N–H and O–H groups in total. The van der Waals surface area contributed by atoms with E-state index < -0.39 is 22.0 Å². The van der Waals surface area contributed by atoms with Crippen molar-refractivity contribution in [3.05, 3.63) is 47.2 Å². The van der Waals surface area contributed by atoms with Gasteiger partial charge in [-0.2, -0.15) is 9.71 Å². The van der Waals surface area contributed by atoms with Crippen LogP contribution in [0.2, 0.25) is 0 Å². The minimum absolute atomic E-state index is 0.111. The van der Waals surface area contributed by atoms with Crippen molar-refractivity contribution in [2.24, 2.45) is 5.92 Å². The van der Waals surface area contributed by atoms with Crippen LogP contribution in [0.1, 0.15) is 24.6 Å². The number of nitrogens with zero attached hydrogens (tertiary/aromatic N) is 2. The Hall–Kier alpha value is -2.56. The third kappa shape index (κ3) is 4.89. The normalized spacial score (nSPS) is 12.9. The topological polar surface area (TPSA) is 114 Å². The second-order valence-corrected chi connectivity index (χ2v) is 9.83. The SMILES string of the molecule is Cc1nc(-c2cc(NC(=O)[C@@H](NS(=O)(=O)c3ccccc3)C(C)C)c(C)s2)no1. The molecule has 1 atom stereocenters. The second-order valence-electron chi connectivity index (χ2n) is 6.86. The summed E-state index contributed by atoms with van der Waals surface area (Å²) < 4.78 is 32.8. The van der Waals surface area contributed by atoms with E-state index in [0.29, 0.717) is 17.4 Å². The van der Waals surface area contributed by atoms with Crippen molar-refractivity contribution in [2.45, 2.75) is 38.6 Å². The second kappa shape index (κ2) is 8.44. The Morgan fingerprint density at radius 3 is 2.45 bits per heavy atom. The summed E-state index contributed by atoms with van der Waals surface area (Å²) in [5.74, 6) is 0.205. The first-order valence-electron chi connectivity index (χ1n) is 8.96. The van der Waals surface area contributed by atoms with Crippen molar-refractivity contribution in [2.75, 3.05) is 5.32 Å². The third-order valence-electron chi connectivity index (χ3n) is 4.21. The van der Waals surface area contributed by atoms with E-state index in [-0.39, 0.29) is 10.8 Å². The fourth-order valence-corrected chi connectivity index (χ4v) is 4.92. The van der Waals surface area contributed by atoms with E-state index in [1.54, 1.807) is 45.0 Å². The number of rotatable bonds is 7. The molecule has 0 saturated heterocycles. The van der Waals surface area contributed by atoms with Crippen molar-refractivity contribution < 1.29 is 17.7 Å². The number of aryl methyl sites for hydroxylation is 2. The molecule has 0 aliphatic rings. The number of amides is 1. The molecule has 8 nitrogen and oxygen atoms in total. The smallest absolute Gasteiger partial charge is 0.242 e. The van der Waals surface area contributed by atoms with Crippen molar-refractivity contribution >= 4 is 33.0 Å². The highest BCUT2D eigenvalue weighted by molar-refractivity contribution is 7.89. The lowest BCUT2D eigenvalue weighted by molar-refractivity contribution is -0.118. The largest absolute Gasteiger partial charge is 0.339 e. The summed E-state index contributed by atoms with van der Waals surface area (Å²) in [5, 5.41) is 6.71. The van der Waals surface area contributed by atoms with Gasteiger partial charge in [-0.05, 0) is 31.0 Å². The van der Waals surface area contributed by atoms with Crippen LogP contribution in [-0.4, -0.2) is 30.5 Å². The summed E-state index contributed by atoms with van der Waals surface area (Å²) in [6.07, 6.45) is 0. The Kier molecular flexibility index (Phi) is 6.15. The third-order valence-corrected chi connectivity index (χ3v) is 6.71. The number of carbonyl (C=O) groups excluding carboxylic acids is 1. The van der Waals surface area contributed by atoms with Crippen molar-refractivity contribution in [1.82, 2.24) is 14.9 Å². The zero-order valence-electron chi connectivity index (χ0n) is 16.5. The lowest BCUT2D eigenvalue weighted by atomic mass is 10.0. The number of hydrogen-bond donors (Lipinski definition) is 2. The molecule has 0 saturated carbocycles. The van der Waals surface area contributed by atoms with Gasteiger partial charge in [0.25, 0.3) is 0 Å². The molecule has 3 aromatic rings. The molecule has 0 unspecified atom stereocenters. The minimum atomic E-state index is -3.83. The summed E-state index contributed by atoms with van der Waals surface area (Å²) in [6, 6.07) is 8.79. The van der Waals surface area contributed by atoms with Gasteiger partial charge in [-0.25, -0.2) is 8.42 Å². The molecular formula is C19H22N4O4S2. The van der Waals surface area contributed by atoms with Gasteiger partial charge < -0.3 is 9.84 Å². The van der Waals surface area contributed by atoms with Gasteiger partial charge in [0.2, 0.25) is 27.6 Å². The molecule has 154 valence electrons. The number of hydrogen-bond acceptors (Lipinski definition) is 7. The highest BCUT2D eigenvalue weighted by Crippen LogP contribution is 2.33. The Balaban J connectivity index is 1.79. The molecule has 3 rings (SSSR count). The van der Waals surface area contributed by atoms with Crippen molar-refractivity contribution in [1.29, 1.82) is 0 Å². The number of nitrogens with one attached hydrogen (secondary N) is 2. The summed E-state index contributed by atoms with van der Waals surface area (Å²) in [4.78, 5) is 18.8. The van der Waals surface area contributed by atoms with Crippen LogP contribution in [-0.2, 0) is 14.8 Å². The fraction of sp³-hybridized carbons (Fsp3) is 0.316. The predicted molar refractivity (Wildman–Crippen MR) is 111 cm³/mol. The summed E-state index contributed by atoms with van der Waals surface area (Å²) in [6.45, 7) is 7.12. The van der Waals surface area contributed by atoms with Crippen LogP contribution >= 0.6 is 11.3 Å². The summed E-state index contributed by atoms with van der Waals surface area (Å²) in [7, 11) is -3.83. The molecule has 0 aliphatic carbocycles. The van der Waals surface area contributed by atoms with Gasteiger partial charge in [0, 0.05) is 11.8 Å². The summed E-state index contributed by atoms with van der Waals surface area (Å²) in [5.41, 5.74) is 0.585. The maximum atomic E-state index is 12.9. The standard InChI is InChI=1S/C19H22N4O4S2/c1-11(2)17(23-29(25,26)14-8-6-5-7-9-14)19(24)21-15-10-16(28-12(15)3)18-20-13(4)27-22-18/h5-11,17,23H,1-4H3,(H,21,24)/t17-/m0/s1. The van der Waals surface area contributed by atoms with Crippen molar-refractivity contribution in [3.63, 3.8) is 0 Å². The Labute approximate surface area is 173 Å².